The van der Waals surface area contributed by atoms with Crippen LogP contribution in [-0.2, 0) is 0 Å². The van der Waals surface area contributed by atoms with Gasteiger partial charge in [-0.3, -0.25) is 4.79 Å². The molecule has 0 aliphatic heterocycles. The van der Waals surface area contributed by atoms with Crippen LogP contribution in [0.1, 0.15) is 25.6 Å². The van der Waals surface area contributed by atoms with E-state index in [-0.39, 0.29) is 11.6 Å². The van der Waals surface area contributed by atoms with Gasteiger partial charge in [-0.25, -0.2) is 4.68 Å². The normalized spacial score (nSPS) is 11.4. The number of aromatic amines is 1. The molecule has 0 bridgehead atoms. The Balaban J connectivity index is 2.85. The molecule has 0 saturated heterocycles. The number of pyridine rings is 1. The van der Waals surface area contributed by atoms with Crippen LogP contribution in [0.4, 0.5) is 0 Å². The zero-order chi connectivity index (χ0) is 10.3. The third kappa shape index (κ3) is 1.21. The summed E-state index contributed by atoms with van der Waals surface area (Å²) in [7, 11) is 0. The highest BCUT2D eigenvalue weighted by molar-refractivity contribution is 5.73. The molecule has 0 aliphatic carbocycles. The fourth-order valence-corrected chi connectivity index (χ4v) is 1.46. The van der Waals surface area contributed by atoms with E-state index in [1.807, 2.05) is 26.8 Å². The maximum absolute atomic E-state index is 11.5. The quantitative estimate of drug-likeness (QED) is 0.733. The first kappa shape index (κ1) is 8.93. The largest absolute Gasteiger partial charge is 0.324 e. The van der Waals surface area contributed by atoms with Gasteiger partial charge in [0, 0.05) is 11.7 Å². The molecule has 2 heterocycles. The fraction of sp³-hybridized carbons (Fsp3) is 0.444. The molecule has 0 atom stereocenters. The number of aromatic nitrogens is 4. The first-order chi connectivity index (χ1) is 6.59. The molecule has 0 spiro atoms. The van der Waals surface area contributed by atoms with Gasteiger partial charge in [-0.1, -0.05) is 5.21 Å². The molecule has 1 N–H and O–H groups in total. The molecular formula is C9H12N4O. The Morgan fingerprint density at radius 2 is 2.21 bits per heavy atom. The second-order valence-electron chi connectivity index (χ2n) is 3.64. The molecule has 0 aliphatic rings. The summed E-state index contributed by atoms with van der Waals surface area (Å²) in [6.45, 7) is 5.85. The molecule has 5 nitrogen and oxygen atoms in total. The Hall–Kier alpha value is -1.65. The van der Waals surface area contributed by atoms with Crippen molar-refractivity contribution < 1.29 is 0 Å². The maximum atomic E-state index is 11.5. The van der Waals surface area contributed by atoms with E-state index in [1.54, 1.807) is 4.68 Å². The molecule has 0 saturated carbocycles. The second-order valence-corrected chi connectivity index (χ2v) is 3.64. The third-order valence-electron chi connectivity index (χ3n) is 2.10. The van der Waals surface area contributed by atoms with Gasteiger partial charge in [0.1, 0.15) is 0 Å². The third-order valence-corrected chi connectivity index (χ3v) is 2.10. The van der Waals surface area contributed by atoms with Crippen LogP contribution in [0.3, 0.4) is 0 Å². The van der Waals surface area contributed by atoms with Crippen molar-refractivity contribution >= 4 is 11.0 Å². The minimum Gasteiger partial charge on any atom is -0.324 e. The number of aryl methyl sites for hydroxylation is 1. The zero-order valence-electron chi connectivity index (χ0n) is 8.40. The average Bonchev–Trinajstić information content (AvgIpc) is 2.47. The summed E-state index contributed by atoms with van der Waals surface area (Å²) in [4.78, 5) is 14.2. The summed E-state index contributed by atoms with van der Waals surface area (Å²) in [5, 5.41) is 7.79. The summed E-state index contributed by atoms with van der Waals surface area (Å²) in [6.07, 6.45) is 0. The Morgan fingerprint density at radius 1 is 1.50 bits per heavy atom. The molecule has 2 aromatic heterocycles. The van der Waals surface area contributed by atoms with E-state index in [1.165, 1.54) is 0 Å². The van der Waals surface area contributed by atoms with Crippen LogP contribution in [0.25, 0.3) is 11.0 Å². The number of H-pyrrole nitrogens is 1. The van der Waals surface area contributed by atoms with E-state index in [0.29, 0.717) is 5.52 Å². The van der Waals surface area contributed by atoms with Crippen molar-refractivity contribution in [2.24, 2.45) is 0 Å². The number of hydrogen-bond acceptors (Lipinski definition) is 3. The van der Waals surface area contributed by atoms with Crippen molar-refractivity contribution in [2.45, 2.75) is 26.8 Å². The second kappa shape index (κ2) is 2.94. The van der Waals surface area contributed by atoms with Gasteiger partial charge in [0.05, 0.1) is 5.52 Å². The maximum Gasteiger partial charge on any atom is 0.278 e. The lowest BCUT2D eigenvalue weighted by Gasteiger charge is -2.04. The predicted octanol–water partition coefficient (Wildman–Crippen LogP) is 1.01. The lowest BCUT2D eigenvalue weighted by Crippen LogP contribution is -2.08. The van der Waals surface area contributed by atoms with Gasteiger partial charge >= 0.3 is 0 Å². The topological polar surface area (TPSA) is 63.6 Å². The summed E-state index contributed by atoms with van der Waals surface area (Å²) in [6, 6.07) is 2.10. The van der Waals surface area contributed by atoms with E-state index in [9.17, 15) is 4.79 Å². The van der Waals surface area contributed by atoms with Gasteiger partial charge in [-0.2, -0.15) is 0 Å². The number of rotatable bonds is 1. The standard InChI is InChI=1S/C9H12N4O/c1-5(2)13-7-4-6(3)10-9(14)8(7)11-12-13/h4-5H,1-3H3,(H,10,14). The number of fused-ring (bicyclic) bond motifs is 1. The number of hydrogen-bond donors (Lipinski definition) is 1. The van der Waals surface area contributed by atoms with Crippen LogP contribution in [0.15, 0.2) is 10.9 Å². The Kier molecular flexibility index (Phi) is 1.87. The SMILES string of the molecule is Cc1cc2c(nnn2C(C)C)c(=O)[nH]1. The van der Waals surface area contributed by atoms with Crippen LogP contribution in [-0.4, -0.2) is 20.0 Å². The van der Waals surface area contributed by atoms with Crippen molar-refractivity contribution in [3.05, 3.63) is 22.1 Å². The van der Waals surface area contributed by atoms with Gasteiger partial charge < -0.3 is 4.98 Å². The molecule has 0 amide bonds. The molecule has 5 heteroatoms. The van der Waals surface area contributed by atoms with Crippen LogP contribution in [0, 0.1) is 6.92 Å². The minimum atomic E-state index is -0.174. The van der Waals surface area contributed by atoms with Crippen molar-refractivity contribution in [1.82, 2.24) is 20.0 Å². The highest BCUT2D eigenvalue weighted by Crippen LogP contribution is 2.12. The lowest BCUT2D eigenvalue weighted by molar-refractivity contribution is 0.530. The first-order valence-electron chi connectivity index (χ1n) is 4.54. The number of nitrogens with zero attached hydrogens (tertiary/aromatic N) is 3. The highest BCUT2D eigenvalue weighted by Gasteiger charge is 2.10. The lowest BCUT2D eigenvalue weighted by atomic mass is 10.3. The Bertz CT molecular complexity index is 523. The molecule has 74 valence electrons. The fourth-order valence-electron chi connectivity index (χ4n) is 1.46. The summed E-state index contributed by atoms with van der Waals surface area (Å²) >= 11 is 0. The Labute approximate surface area is 80.7 Å². The predicted molar refractivity (Wildman–Crippen MR) is 53.3 cm³/mol. The van der Waals surface area contributed by atoms with Gasteiger partial charge in [-0.15, -0.1) is 5.10 Å². The monoisotopic (exact) mass is 192 g/mol. The average molecular weight is 192 g/mol. The van der Waals surface area contributed by atoms with Crippen molar-refractivity contribution in [2.75, 3.05) is 0 Å². The summed E-state index contributed by atoms with van der Waals surface area (Å²) in [5.74, 6) is 0. The van der Waals surface area contributed by atoms with Gasteiger partial charge in [0.2, 0.25) is 0 Å². The van der Waals surface area contributed by atoms with Crippen LogP contribution in [0.5, 0.6) is 0 Å². The van der Waals surface area contributed by atoms with Gasteiger partial charge in [0.15, 0.2) is 5.52 Å². The zero-order valence-corrected chi connectivity index (χ0v) is 8.40. The summed E-state index contributed by atoms with van der Waals surface area (Å²) in [5.41, 5.74) is 1.85. The van der Waals surface area contributed by atoms with Gasteiger partial charge in [-0.05, 0) is 26.8 Å². The molecule has 0 fully saturated rings. The van der Waals surface area contributed by atoms with E-state index in [0.717, 1.165) is 11.2 Å². The Morgan fingerprint density at radius 3 is 2.86 bits per heavy atom. The summed E-state index contributed by atoms with van der Waals surface area (Å²) < 4.78 is 1.75. The molecule has 2 rings (SSSR count). The smallest absolute Gasteiger partial charge is 0.278 e. The molecule has 0 aromatic carbocycles. The van der Waals surface area contributed by atoms with E-state index in [2.05, 4.69) is 15.3 Å². The van der Waals surface area contributed by atoms with Crippen LogP contribution >= 0.6 is 0 Å². The minimum absolute atomic E-state index is 0.174. The van der Waals surface area contributed by atoms with E-state index < -0.39 is 0 Å². The van der Waals surface area contributed by atoms with E-state index in [4.69, 9.17) is 0 Å². The molecular weight excluding hydrogens is 180 g/mol. The van der Waals surface area contributed by atoms with Crippen LogP contribution < -0.4 is 5.56 Å². The van der Waals surface area contributed by atoms with Crippen LogP contribution in [0.2, 0.25) is 0 Å². The van der Waals surface area contributed by atoms with Crippen molar-refractivity contribution in [1.29, 1.82) is 0 Å². The van der Waals surface area contributed by atoms with Crippen molar-refractivity contribution in [3.63, 3.8) is 0 Å². The molecule has 14 heavy (non-hydrogen) atoms. The number of nitrogens with one attached hydrogen (secondary N) is 1. The molecule has 0 radical (unpaired) electrons. The molecule has 2 aromatic rings. The first-order valence-corrected chi connectivity index (χ1v) is 4.54. The highest BCUT2D eigenvalue weighted by atomic mass is 16.1. The van der Waals surface area contributed by atoms with E-state index >= 15 is 0 Å². The van der Waals surface area contributed by atoms with Gasteiger partial charge in [0.25, 0.3) is 5.56 Å². The molecule has 0 unspecified atom stereocenters. The van der Waals surface area contributed by atoms with Crippen molar-refractivity contribution in [3.8, 4) is 0 Å².